The Hall–Kier alpha value is -2.90. The molecule has 0 atom stereocenters. The molecule has 2 aromatic carbocycles. The molecular weight excluding hydrogens is 352 g/mol. The highest BCUT2D eigenvalue weighted by molar-refractivity contribution is 5.62. The molecule has 8 heteroatoms. The first-order valence-corrected chi connectivity index (χ1v) is 7.72. The van der Waals surface area contributed by atoms with E-state index in [1.54, 1.807) is 13.8 Å². The molecule has 4 nitrogen and oxygen atoms in total. The van der Waals surface area contributed by atoms with Crippen LogP contribution in [-0.2, 0) is 6.18 Å². The largest absolute Gasteiger partial charge is 0.490 e. The van der Waals surface area contributed by atoms with Crippen molar-refractivity contribution in [3.8, 4) is 28.6 Å². The van der Waals surface area contributed by atoms with Crippen LogP contribution in [0.25, 0.3) is 22.8 Å². The smallest absolute Gasteiger partial charge is 0.419 e. The van der Waals surface area contributed by atoms with Crippen LogP contribution in [0.5, 0.6) is 5.75 Å². The number of hydrogen-bond donors (Lipinski definition) is 0. The minimum absolute atomic E-state index is 0.00841. The maximum Gasteiger partial charge on any atom is 0.419 e. The van der Waals surface area contributed by atoms with Gasteiger partial charge in [0.05, 0.1) is 11.7 Å². The molecule has 0 bridgehead atoms. The molecule has 0 N–H and O–H groups in total. The predicted octanol–water partition coefficient (Wildman–Crippen LogP) is 5.35. The number of rotatable bonds is 4. The topological polar surface area (TPSA) is 48.2 Å². The van der Waals surface area contributed by atoms with Gasteiger partial charge in [-0.15, -0.1) is 0 Å². The second-order valence-corrected chi connectivity index (χ2v) is 5.81. The summed E-state index contributed by atoms with van der Waals surface area (Å²) in [4.78, 5) is 4.09. The first-order chi connectivity index (χ1) is 12.2. The third-order valence-electron chi connectivity index (χ3n) is 3.42. The van der Waals surface area contributed by atoms with E-state index in [4.69, 9.17) is 9.26 Å². The van der Waals surface area contributed by atoms with Crippen molar-refractivity contribution in [1.82, 2.24) is 10.1 Å². The predicted molar refractivity (Wildman–Crippen MR) is 85.9 cm³/mol. The van der Waals surface area contributed by atoms with Crippen LogP contribution in [0.4, 0.5) is 17.6 Å². The van der Waals surface area contributed by atoms with Gasteiger partial charge in [0.25, 0.3) is 5.89 Å². The van der Waals surface area contributed by atoms with E-state index in [0.29, 0.717) is 5.56 Å². The molecule has 0 amide bonds. The summed E-state index contributed by atoms with van der Waals surface area (Å²) in [5, 5.41) is 3.71. The Morgan fingerprint density at radius 3 is 2.27 bits per heavy atom. The summed E-state index contributed by atoms with van der Waals surface area (Å²) < 4.78 is 63.2. The highest BCUT2D eigenvalue weighted by Crippen LogP contribution is 2.39. The van der Waals surface area contributed by atoms with Gasteiger partial charge in [-0.25, -0.2) is 4.39 Å². The van der Waals surface area contributed by atoms with Gasteiger partial charge in [-0.2, -0.15) is 18.2 Å². The van der Waals surface area contributed by atoms with Gasteiger partial charge >= 0.3 is 6.18 Å². The number of ether oxygens (including phenoxy) is 1. The van der Waals surface area contributed by atoms with Crippen molar-refractivity contribution in [2.45, 2.75) is 26.1 Å². The van der Waals surface area contributed by atoms with E-state index in [0.717, 1.165) is 6.07 Å². The van der Waals surface area contributed by atoms with Crippen LogP contribution in [0.1, 0.15) is 19.4 Å². The van der Waals surface area contributed by atoms with Crippen molar-refractivity contribution >= 4 is 0 Å². The van der Waals surface area contributed by atoms with Crippen molar-refractivity contribution in [2.75, 3.05) is 0 Å². The van der Waals surface area contributed by atoms with E-state index in [1.807, 2.05) is 0 Å². The minimum atomic E-state index is -4.59. The summed E-state index contributed by atoms with van der Waals surface area (Å²) in [6, 6.07) is 8.88. The summed E-state index contributed by atoms with van der Waals surface area (Å²) >= 11 is 0. The monoisotopic (exact) mass is 366 g/mol. The average molecular weight is 366 g/mol. The molecule has 136 valence electrons. The zero-order valence-electron chi connectivity index (χ0n) is 13.8. The van der Waals surface area contributed by atoms with Gasteiger partial charge in [0.2, 0.25) is 5.82 Å². The zero-order valence-corrected chi connectivity index (χ0v) is 13.8. The molecule has 26 heavy (non-hydrogen) atoms. The maximum absolute atomic E-state index is 13.3. The standard InChI is InChI=1S/C18H14F4N2O2/c1-10(2)25-15-8-5-12(9-14(15)18(20,21)22)16-23-17(26-24-16)11-3-6-13(19)7-4-11/h3-10H,1-2H3. The lowest BCUT2D eigenvalue weighted by molar-refractivity contribution is -0.139. The first kappa shape index (κ1) is 17.9. The number of benzene rings is 2. The van der Waals surface area contributed by atoms with Crippen LogP contribution >= 0.6 is 0 Å². The summed E-state index contributed by atoms with van der Waals surface area (Å²) in [6.45, 7) is 3.28. The molecule has 1 heterocycles. The van der Waals surface area contributed by atoms with Gasteiger partial charge < -0.3 is 9.26 Å². The van der Waals surface area contributed by atoms with Gasteiger partial charge in [-0.3, -0.25) is 0 Å². The van der Waals surface area contributed by atoms with Crippen molar-refractivity contribution in [3.05, 3.63) is 53.8 Å². The van der Waals surface area contributed by atoms with Crippen molar-refractivity contribution in [1.29, 1.82) is 0 Å². The molecule has 3 aromatic rings. The fraction of sp³-hybridized carbons (Fsp3) is 0.222. The van der Waals surface area contributed by atoms with E-state index < -0.39 is 23.7 Å². The lowest BCUT2D eigenvalue weighted by atomic mass is 10.1. The summed E-state index contributed by atoms with van der Waals surface area (Å²) in [5.74, 6) is -0.621. The van der Waals surface area contributed by atoms with Gasteiger partial charge in [-0.05, 0) is 56.3 Å². The molecule has 1 aromatic heterocycles. The number of aromatic nitrogens is 2. The van der Waals surface area contributed by atoms with Crippen LogP contribution in [0.15, 0.2) is 47.0 Å². The fourth-order valence-corrected chi connectivity index (χ4v) is 2.30. The van der Waals surface area contributed by atoms with Gasteiger partial charge in [0, 0.05) is 11.1 Å². The third kappa shape index (κ3) is 3.84. The normalized spacial score (nSPS) is 11.8. The highest BCUT2D eigenvalue weighted by Gasteiger charge is 2.35. The van der Waals surface area contributed by atoms with Crippen LogP contribution < -0.4 is 4.74 Å². The van der Waals surface area contributed by atoms with E-state index in [9.17, 15) is 17.6 Å². The lowest BCUT2D eigenvalue weighted by Crippen LogP contribution is -2.13. The van der Waals surface area contributed by atoms with Crippen LogP contribution in [-0.4, -0.2) is 16.2 Å². The molecule has 0 unspecified atom stereocenters. The number of halogens is 4. The Morgan fingerprint density at radius 2 is 1.65 bits per heavy atom. The summed E-state index contributed by atoms with van der Waals surface area (Å²) in [7, 11) is 0. The quantitative estimate of drug-likeness (QED) is 0.584. The highest BCUT2D eigenvalue weighted by atomic mass is 19.4. The van der Waals surface area contributed by atoms with Gasteiger partial charge in [0.15, 0.2) is 0 Å². The SMILES string of the molecule is CC(C)Oc1ccc(-c2noc(-c3ccc(F)cc3)n2)cc1C(F)(F)F. The summed E-state index contributed by atoms with van der Waals surface area (Å²) in [5.41, 5.74) is -0.330. The molecule has 0 spiro atoms. The average Bonchev–Trinajstić information content (AvgIpc) is 3.04. The Bertz CT molecular complexity index is 902. The molecular formula is C18H14F4N2O2. The second-order valence-electron chi connectivity index (χ2n) is 5.81. The molecule has 0 saturated carbocycles. The molecule has 0 aliphatic rings. The number of nitrogens with zero attached hydrogens (tertiary/aromatic N) is 2. The lowest BCUT2D eigenvalue weighted by Gasteiger charge is -2.16. The van der Waals surface area contributed by atoms with Crippen LogP contribution in [0, 0.1) is 5.82 Å². The Labute approximate surface area is 146 Å². The van der Waals surface area contributed by atoms with Gasteiger partial charge in [0.1, 0.15) is 11.6 Å². The van der Waals surface area contributed by atoms with E-state index in [1.165, 1.54) is 36.4 Å². The Kier molecular flexibility index (Phi) is 4.67. The molecule has 0 aliphatic heterocycles. The Balaban J connectivity index is 1.98. The van der Waals surface area contributed by atoms with Crippen molar-refractivity contribution in [2.24, 2.45) is 0 Å². The first-order valence-electron chi connectivity index (χ1n) is 7.72. The van der Waals surface area contributed by atoms with Crippen LogP contribution in [0.3, 0.4) is 0 Å². The minimum Gasteiger partial charge on any atom is -0.490 e. The molecule has 0 aliphatic carbocycles. The van der Waals surface area contributed by atoms with E-state index >= 15 is 0 Å². The van der Waals surface area contributed by atoms with Crippen LogP contribution in [0.2, 0.25) is 0 Å². The molecule has 3 rings (SSSR count). The van der Waals surface area contributed by atoms with Gasteiger partial charge in [-0.1, -0.05) is 5.16 Å². The van der Waals surface area contributed by atoms with Crippen molar-refractivity contribution in [3.63, 3.8) is 0 Å². The molecule has 0 fully saturated rings. The number of hydrogen-bond acceptors (Lipinski definition) is 4. The molecule has 0 saturated heterocycles. The third-order valence-corrected chi connectivity index (χ3v) is 3.42. The van der Waals surface area contributed by atoms with E-state index in [-0.39, 0.29) is 23.0 Å². The van der Waals surface area contributed by atoms with E-state index in [2.05, 4.69) is 10.1 Å². The van der Waals surface area contributed by atoms with Crippen molar-refractivity contribution < 1.29 is 26.8 Å². The second kappa shape index (κ2) is 6.78. The fourth-order valence-electron chi connectivity index (χ4n) is 2.30. The zero-order chi connectivity index (χ0) is 18.9. The maximum atomic E-state index is 13.3. The molecule has 0 radical (unpaired) electrons. The summed E-state index contributed by atoms with van der Waals surface area (Å²) in [6.07, 6.45) is -5.00. The number of alkyl halides is 3. The Morgan fingerprint density at radius 1 is 1.00 bits per heavy atom.